The Bertz CT molecular complexity index is 5560. The summed E-state index contributed by atoms with van der Waals surface area (Å²) in [6.45, 7) is 36.5. The normalized spacial score (nSPS) is 19.5. The van der Waals surface area contributed by atoms with Crippen LogP contribution in [0.4, 0.5) is 56.0 Å². The number of amides is 5. The first-order chi connectivity index (χ1) is 65.3. The van der Waals surface area contributed by atoms with Gasteiger partial charge < -0.3 is 83.7 Å². The molecule has 16 rings (SSSR count). The quantitative estimate of drug-likeness (QED) is 0.0473. The minimum Gasteiger partial charge on any atom is -0.870 e. The predicted molar refractivity (Wildman–Crippen MR) is 531 cm³/mol. The molecular weight excluding hydrogens is 1930 g/mol. The molecule has 5 amide bonds. The minimum absolute atomic E-state index is 0. The molecule has 8 aromatic rings. The van der Waals surface area contributed by atoms with E-state index in [9.17, 15) is 51.5 Å². The maximum absolute atomic E-state index is 13.5. The topological polar surface area (TPSA) is 341 Å². The van der Waals surface area contributed by atoms with Crippen molar-refractivity contribution in [3.8, 4) is 28.7 Å². The van der Waals surface area contributed by atoms with Crippen molar-refractivity contribution >= 4 is 134 Å². The third-order valence-corrected chi connectivity index (χ3v) is 23.2. The standard InChI is InChI=1S/C26H31ClFN3O4.C21H23ClFN3O2.C16H20ClNO5.C14H16ClNO5.C12H17FN2.C11H12ClNO3.CH4.Li.H2O/c1-17-14-29(15-18-5-8-20(28)9-6-18)11-12-30(17)24(32)23-16-31(25(33)35-26(2,3)4)21-13-19(27)7-10-22(21)34-23;1-14-12-25(13-15-2-5-17(23)6-3-15)8-9-26(14)21(27)20-11-24-18-10-16(22)4-7-19(18)28-20;1-5-21-14(19)13-9-18(15(20)23-16(2,3)4)11-8-10(17)6-7-12(11)22-13;1-14(2,3)21-13(19)16-7-11(12(17)18)20-10-5-4-8(15)6-9(10)16;1-10-8-15(7-6-14-10)9-11-2-4-12(13)5-3-11;1-2-15-11(14)10-6-13-8-5-7(12)3-4-9(8)16-10;;;/h5-10,13,17,23H,11-12,14-16H2,1-4H3;2-7,10,14,20,24H,8-9,11-13H2,1H3;6-8,13H,5,9H2,1-4H3;4-6,11H,7H2,1-3H3,(H,17,18);2-5,10,14H,6-9H2,1H3;3-5,10,13H,2,6H2,1H3;1H4;;1H2/q;;;;;;;+1;/p-1/t17-,23?;14-,20?;;;10-;;;;/m11..1..../s1. The molecule has 0 aromatic heterocycles. The number of esters is 2. The van der Waals surface area contributed by atoms with Crippen LogP contribution in [0.5, 0.6) is 28.7 Å². The van der Waals surface area contributed by atoms with Crippen LogP contribution in [-0.2, 0) is 67.3 Å². The monoisotopic (exact) mass is 2050 g/mol. The molecule has 3 fully saturated rings. The van der Waals surface area contributed by atoms with Gasteiger partial charge in [-0.25, -0.2) is 41.9 Å². The average molecular weight is 2050 g/mol. The fraction of sp³-hybridized carbons (Fsp3) is 0.446. The molecule has 0 saturated carbocycles. The molecule has 760 valence electrons. The molecule has 8 aromatic carbocycles. The molecule has 5 unspecified atom stereocenters. The number of nitrogens with one attached hydrogen (secondary N) is 3. The van der Waals surface area contributed by atoms with Gasteiger partial charge in [0.25, 0.3) is 11.8 Å². The number of fused-ring (bicyclic) bond motifs is 5. The summed E-state index contributed by atoms with van der Waals surface area (Å²) in [5.41, 5.74) is 4.20. The Balaban J connectivity index is 0.000000211. The summed E-state index contributed by atoms with van der Waals surface area (Å²) < 4.78 is 93.6. The van der Waals surface area contributed by atoms with E-state index >= 15 is 0 Å². The number of aliphatic carboxylic acids is 1. The van der Waals surface area contributed by atoms with Gasteiger partial charge in [-0.3, -0.25) is 39.0 Å². The number of rotatable bonds is 13. The zero-order valence-electron chi connectivity index (χ0n) is 81.0. The van der Waals surface area contributed by atoms with Crippen LogP contribution in [0.25, 0.3) is 0 Å². The Labute approximate surface area is 858 Å². The predicted octanol–water partition coefficient (Wildman–Crippen LogP) is 15.6. The Hall–Kier alpha value is -10.8. The molecule has 8 atom stereocenters. The van der Waals surface area contributed by atoms with Gasteiger partial charge in [-0.1, -0.05) is 102 Å². The average Bonchev–Trinajstić information content (AvgIpc) is 0.779. The van der Waals surface area contributed by atoms with E-state index in [1.54, 1.807) is 178 Å². The second-order valence-corrected chi connectivity index (χ2v) is 38.9. The van der Waals surface area contributed by atoms with E-state index in [-0.39, 0.29) is 111 Å². The van der Waals surface area contributed by atoms with Gasteiger partial charge in [0.15, 0.2) is 12.2 Å². The number of carboxylic acid groups (broad SMARTS) is 1. The van der Waals surface area contributed by atoms with Crippen LogP contribution in [0.3, 0.4) is 0 Å². The maximum Gasteiger partial charge on any atom is 1.00 e. The zero-order chi connectivity index (χ0) is 100. The molecule has 3 saturated heterocycles. The van der Waals surface area contributed by atoms with Crippen molar-refractivity contribution in [2.45, 2.75) is 189 Å². The van der Waals surface area contributed by atoms with E-state index < -0.39 is 77.5 Å². The number of carboxylic acids is 1. The smallest absolute Gasteiger partial charge is 0.870 e. The summed E-state index contributed by atoms with van der Waals surface area (Å²) in [5, 5.41) is 21.4. The fourth-order valence-corrected chi connectivity index (χ4v) is 16.6. The number of carbonyl (C=O) groups excluding carboxylic acids is 7. The first-order valence-electron chi connectivity index (χ1n) is 45.4. The molecule has 5 N–H and O–H groups in total. The Morgan fingerprint density at radius 2 is 0.702 bits per heavy atom. The van der Waals surface area contributed by atoms with Gasteiger partial charge in [0, 0.05) is 122 Å². The number of carbonyl (C=O) groups is 8. The molecule has 8 aliphatic rings. The van der Waals surface area contributed by atoms with Gasteiger partial charge in [-0.05, 0) is 241 Å². The van der Waals surface area contributed by atoms with Gasteiger partial charge in [-0.2, -0.15) is 0 Å². The van der Waals surface area contributed by atoms with Gasteiger partial charge in [-0.15, -0.1) is 0 Å². The number of anilines is 5. The van der Waals surface area contributed by atoms with Gasteiger partial charge in [0.05, 0.1) is 74.4 Å². The summed E-state index contributed by atoms with van der Waals surface area (Å²) >= 11 is 29.9. The van der Waals surface area contributed by atoms with E-state index in [2.05, 4.69) is 44.5 Å². The fourth-order valence-electron chi connectivity index (χ4n) is 15.7. The Morgan fingerprint density at radius 3 is 1.06 bits per heavy atom. The molecule has 40 heteroatoms. The zero-order valence-corrected chi connectivity index (χ0v) is 84.8. The number of hydrogen-bond donors (Lipinski definition) is 4. The van der Waals surface area contributed by atoms with E-state index in [0.29, 0.717) is 124 Å². The maximum atomic E-state index is 13.5. The molecule has 0 spiro atoms. The molecule has 0 radical (unpaired) electrons. The van der Waals surface area contributed by atoms with Crippen LogP contribution in [-0.4, -0.2) is 253 Å². The van der Waals surface area contributed by atoms with E-state index in [4.69, 9.17) is 110 Å². The summed E-state index contributed by atoms with van der Waals surface area (Å²) in [5.74, 6) is -0.498. The minimum atomic E-state index is -1.15. The van der Waals surface area contributed by atoms with Crippen molar-refractivity contribution in [1.82, 2.24) is 29.8 Å². The van der Waals surface area contributed by atoms with E-state index in [0.717, 1.165) is 68.3 Å². The number of piperazine rings is 3. The SMILES string of the molecule is C.CC(C)(C)OC(=O)N1CC(C(=O)O)Oc2ccc(Cl)cc21.CCOC(=O)C1CN(C(=O)OC(C)(C)C)c2cc(Cl)ccc2O1.CCOC(=O)C1CNc2cc(Cl)ccc2O1.C[C@@H]1CN(Cc2ccc(F)cc2)CCN1.C[C@@H]1CN(Cc2ccc(F)cc2)CCN1C(=O)C1CN(C(=O)OC(C)(C)C)c2cc(Cl)ccc2O1.C[C@@H]1CN(Cc2ccc(F)cc2)CCN1C(=O)C1CNc2cc(Cl)ccc2O1.[Li+].[OH-]. The second kappa shape index (κ2) is 52.4. The number of benzene rings is 8. The molecular formula is C101H124Cl5F3LiN11O20. The van der Waals surface area contributed by atoms with Crippen LogP contribution in [0.15, 0.2) is 164 Å². The number of halogens is 8. The van der Waals surface area contributed by atoms with Gasteiger partial charge >= 0.3 is 55.0 Å². The third kappa shape index (κ3) is 34.2. The third-order valence-electron chi connectivity index (χ3n) is 22.0. The molecule has 8 aliphatic heterocycles. The van der Waals surface area contributed by atoms with Crippen LogP contribution >= 0.6 is 58.0 Å². The number of hydrogen-bond acceptors (Lipinski definition) is 25. The molecule has 31 nitrogen and oxygen atoms in total. The van der Waals surface area contributed by atoms with Crippen molar-refractivity contribution in [2.24, 2.45) is 0 Å². The van der Waals surface area contributed by atoms with Crippen LogP contribution < -0.4 is 73.2 Å². The van der Waals surface area contributed by atoms with E-state index in [1.165, 1.54) is 62.7 Å². The second-order valence-electron chi connectivity index (χ2n) is 36.7. The summed E-state index contributed by atoms with van der Waals surface area (Å²) in [6, 6.07) is 45.4. The Kier molecular flexibility index (Phi) is 42.9. The van der Waals surface area contributed by atoms with Gasteiger partial charge in [0.2, 0.25) is 18.3 Å². The number of ether oxygens (including phenoxy) is 10. The largest absolute Gasteiger partial charge is 1.00 e. The summed E-state index contributed by atoms with van der Waals surface area (Å²) in [6.07, 6.45) is -5.81. The molecule has 8 heterocycles. The number of nitrogens with zero attached hydrogens (tertiary/aromatic N) is 8. The first kappa shape index (κ1) is 115. The Morgan fingerprint density at radius 1 is 0.397 bits per heavy atom. The van der Waals surface area contributed by atoms with Crippen molar-refractivity contribution in [3.05, 3.63) is 223 Å². The van der Waals surface area contributed by atoms with Gasteiger partial charge in [0.1, 0.15) is 63.0 Å². The molecule has 141 heavy (non-hydrogen) atoms. The first-order valence-corrected chi connectivity index (χ1v) is 47.3. The van der Waals surface area contributed by atoms with Crippen molar-refractivity contribution < 1.29 is 128 Å². The van der Waals surface area contributed by atoms with Crippen LogP contribution in [0.1, 0.15) is 121 Å². The molecule has 0 aliphatic carbocycles. The van der Waals surface area contributed by atoms with Crippen molar-refractivity contribution in [1.29, 1.82) is 0 Å². The van der Waals surface area contributed by atoms with Crippen LogP contribution in [0, 0.1) is 17.5 Å². The van der Waals surface area contributed by atoms with Crippen molar-refractivity contribution in [3.63, 3.8) is 0 Å². The van der Waals surface area contributed by atoms with Crippen LogP contribution in [0.2, 0.25) is 25.1 Å². The summed E-state index contributed by atoms with van der Waals surface area (Å²) in [7, 11) is 0. The van der Waals surface area contributed by atoms with E-state index in [1.807, 2.05) is 36.1 Å². The molecule has 0 bridgehead atoms. The summed E-state index contributed by atoms with van der Waals surface area (Å²) in [4.78, 5) is 113. The van der Waals surface area contributed by atoms with Crippen molar-refractivity contribution in [2.75, 3.05) is 130 Å².